The molecule has 0 aliphatic carbocycles. The third-order valence-electron chi connectivity index (χ3n) is 1.62. The molecule has 0 aliphatic heterocycles. The summed E-state index contributed by atoms with van der Waals surface area (Å²) in [7, 11) is 0. The summed E-state index contributed by atoms with van der Waals surface area (Å²) in [6, 6.07) is 6.24. The number of nitrogens with zero attached hydrogens (tertiary/aromatic N) is 1. The zero-order valence-corrected chi connectivity index (χ0v) is 8.73. The van der Waals surface area contributed by atoms with Crippen LogP contribution in [0.3, 0.4) is 0 Å². The first-order valence-corrected chi connectivity index (χ1v) is 4.54. The largest absolute Gasteiger partial charge is 0.350 e. The van der Waals surface area contributed by atoms with Gasteiger partial charge in [-0.1, -0.05) is 12.1 Å². The normalized spacial score (nSPS) is 10.1. The van der Waals surface area contributed by atoms with Crippen molar-refractivity contribution in [2.45, 2.75) is 6.92 Å². The van der Waals surface area contributed by atoms with Crippen molar-refractivity contribution in [3.05, 3.63) is 29.8 Å². The minimum absolute atomic E-state index is 0.128. The second-order valence-corrected chi connectivity index (χ2v) is 3.04. The zero-order chi connectivity index (χ0) is 12.0. The molecule has 1 aromatic rings. The van der Waals surface area contributed by atoms with Crippen LogP contribution in [0.25, 0.3) is 0 Å². The van der Waals surface area contributed by atoms with Gasteiger partial charge in [-0.25, -0.2) is 10.2 Å². The van der Waals surface area contributed by atoms with Crippen LogP contribution in [0.2, 0.25) is 0 Å². The van der Waals surface area contributed by atoms with E-state index in [1.165, 1.54) is 13.1 Å². The molecule has 4 N–H and O–H groups in total. The van der Waals surface area contributed by atoms with E-state index in [0.29, 0.717) is 5.69 Å². The molecule has 6 heteroatoms. The van der Waals surface area contributed by atoms with E-state index in [2.05, 4.69) is 15.8 Å². The minimum Gasteiger partial charge on any atom is -0.350 e. The molecule has 0 bridgehead atoms. The van der Waals surface area contributed by atoms with Crippen LogP contribution in [0.5, 0.6) is 0 Å². The third kappa shape index (κ3) is 4.23. The summed E-state index contributed by atoms with van der Waals surface area (Å²) in [6.07, 6.45) is 1.45. The number of benzene rings is 1. The van der Waals surface area contributed by atoms with Crippen molar-refractivity contribution in [3.8, 4) is 0 Å². The first-order chi connectivity index (χ1) is 7.58. The fraction of sp³-hybridized carbons (Fsp3) is 0.100. The second kappa shape index (κ2) is 5.50. The molecular formula is C10H12N4O2. The predicted molar refractivity (Wildman–Crippen MR) is 61.1 cm³/mol. The molecule has 0 fully saturated rings. The molecule has 0 unspecified atom stereocenters. The highest BCUT2D eigenvalue weighted by Gasteiger charge is 1.94. The molecule has 1 rings (SSSR count). The summed E-state index contributed by atoms with van der Waals surface area (Å²) in [5, 5.41) is 6.23. The monoisotopic (exact) mass is 220 g/mol. The van der Waals surface area contributed by atoms with Crippen LogP contribution in [0.15, 0.2) is 29.4 Å². The van der Waals surface area contributed by atoms with E-state index in [0.717, 1.165) is 5.56 Å². The summed E-state index contributed by atoms with van der Waals surface area (Å²) in [4.78, 5) is 21.1. The van der Waals surface area contributed by atoms with Crippen molar-refractivity contribution in [2.75, 3.05) is 5.32 Å². The number of amides is 3. The van der Waals surface area contributed by atoms with Crippen molar-refractivity contribution in [2.24, 2.45) is 10.8 Å². The maximum Gasteiger partial charge on any atom is 0.332 e. The Kier molecular flexibility index (Phi) is 4.02. The van der Waals surface area contributed by atoms with Crippen LogP contribution in [-0.4, -0.2) is 18.2 Å². The molecule has 0 saturated heterocycles. The summed E-state index contributed by atoms with van der Waals surface area (Å²) in [5.41, 5.74) is 8.39. The highest BCUT2D eigenvalue weighted by atomic mass is 16.2. The van der Waals surface area contributed by atoms with Crippen LogP contribution in [0.4, 0.5) is 10.5 Å². The van der Waals surface area contributed by atoms with Gasteiger partial charge in [-0.05, 0) is 17.7 Å². The fourth-order valence-electron chi connectivity index (χ4n) is 1.03. The molecular weight excluding hydrogens is 208 g/mol. The first kappa shape index (κ1) is 11.7. The van der Waals surface area contributed by atoms with Crippen molar-refractivity contribution in [3.63, 3.8) is 0 Å². The number of nitrogens with two attached hydrogens (primary N) is 1. The Bertz CT molecular complexity index is 411. The van der Waals surface area contributed by atoms with E-state index in [1.807, 2.05) is 0 Å². The maximum atomic E-state index is 10.7. The molecule has 0 atom stereocenters. The van der Waals surface area contributed by atoms with Gasteiger partial charge in [0.25, 0.3) is 0 Å². The summed E-state index contributed by atoms with van der Waals surface area (Å²) in [6.45, 7) is 1.44. The lowest BCUT2D eigenvalue weighted by Gasteiger charge is -2.01. The van der Waals surface area contributed by atoms with Crippen molar-refractivity contribution in [1.29, 1.82) is 0 Å². The van der Waals surface area contributed by atoms with Gasteiger partial charge >= 0.3 is 6.03 Å². The van der Waals surface area contributed by atoms with Gasteiger partial charge in [0.05, 0.1) is 6.21 Å². The number of hydrazone groups is 1. The number of rotatable bonds is 3. The SMILES string of the molecule is CC(=O)Nc1ccc(/C=N/NC(N)=O)cc1. The number of anilines is 1. The molecule has 0 heterocycles. The Morgan fingerprint density at radius 2 is 1.94 bits per heavy atom. The Labute approximate surface area is 92.5 Å². The average molecular weight is 220 g/mol. The second-order valence-electron chi connectivity index (χ2n) is 3.04. The molecule has 0 saturated carbocycles. The van der Waals surface area contributed by atoms with Gasteiger partial charge in [-0.2, -0.15) is 5.10 Å². The van der Waals surface area contributed by atoms with Crippen molar-refractivity contribution < 1.29 is 9.59 Å². The minimum atomic E-state index is -0.717. The maximum absolute atomic E-state index is 10.7. The molecule has 6 nitrogen and oxygen atoms in total. The van der Waals surface area contributed by atoms with E-state index >= 15 is 0 Å². The number of primary amides is 1. The molecule has 84 valence electrons. The molecule has 0 radical (unpaired) electrons. The molecule has 0 spiro atoms. The lowest BCUT2D eigenvalue weighted by molar-refractivity contribution is -0.114. The molecule has 3 amide bonds. The van der Waals surface area contributed by atoms with E-state index in [9.17, 15) is 9.59 Å². The number of carbonyl (C=O) groups excluding carboxylic acids is 2. The van der Waals surface area contributed by atoms with Crippen LogP contribution < -0.4 is 16.5 Å². The van der Waals surface area contributed by atoms with Gasteiger partial charge in [-0.3, -0.25) is 4.79 Å². The summed E-state index contributed by atoms with van der Waals surface area (Å²) < 4.78 is 0. The lowest BCUT2D eigenvalue weighted by Crippen LogP contribution is -2.24. The lowest BCUT2D eigenvalue weighted by atomic mass is 10.2. The molecule has 0 aliphatic rings. The summed E-state index contributed by atoms with van der Waals surface area (Å²) >= 11 is 0. The van der Waals surface area contributed by atoms with Gasteiger partial charge in [-0.15, -0.1) is 0 Å². The van der Waals surface area contributed by atoms with Crippen LogP contribution in [-0.2, 0) is 4.79 Å². The van der Waals surface area contributed by atoms with Gasteiger partial charge in [0, 0.05) is 12.6 Å². The Morgan fingerprint density at radius 1 is 1.31 bits per heavy atom. The Balaban J connectivity index is 2.60. The van der Waals surface area contributed by atoms with Crippen LogP contribution >= 0.6 is 0 Å². The zero-order valence-electron chi connectivity index (χ0n) is 8.73. The quantitative estimate of drug-likeness (QED) is 0.515. The first-order valence-electron chi connectivity index (χ1n) is 4.54. The smallest absolute Gasteiger partial charge is 0.332 e. The van der Waals surface area contributed by atoms with Crippen LogP contribution in [0.1, 0.15) is 12.5 Å². The van der Waals surface area contributed by atoms with Gasteiger partial charge in [0.2, 0.25) is 5.91 Å². The third-order valence-corrected chi connectivity index (χ3v) is 1.62. The standard InChI is InChI=1S/C10H12N4O2/c1-7(15)13-9-4-2-8(3-5-9)6-12-14-10(11)16/h2-6H,1H3,(H,13,15)(H3,11,14,16)/b12-6+. The van der Waals surface area contributed by atoms with E-state index in [-0.39, 0.29) is 5.91 Å². The fourth-order valence-corrected chi connectivity index (χ4v) is 1.03. The van der Waals surface area contributed by atoms with E-state index in [4.69, 9.17) is 5.73 Å². The Morgan fingerprint density at radius 3 is 2.44 bits per heavy atom. The highest BCUT2D eigenvalue weighted by Crippen LogP contribution is 2.07. The van der Waals surface area contributed by atoms with E-state index in [1.54, 1.807) is 24.3 Å². The number of nitrogens with one attached hydrogen (secondary N) is 2. The van der Waals surface area contributed by atoms with Crippen LogP contribution in [0, 0.1) is 0 Å². The van der Waals surface area contributed by atoms with Gasteiger partial charge < -0.3 is 11.1 Å². The number of urea groups is 1. The molecule has 0 aromatic heterocycles. The number of carbonyl (C=O) groups is 2. The predicted octanol–water partition coefficient (Wildman–Crippen LogP) is 0.647. The molecule has 1 aromatic carbocycles. The highest BCUT2D eigenvalue weighted by molar-refractivity contribution is 5.89. The van der Waals surface area contributed by atoms with Crippen molar-refractivity contribution >= 4 is 23.8 Å². The van der Waals surface area contributed by atoms with Crippen molar-refractivity contribution in [1.82, 2.24) is 5.43 Å². The van der Waals surface area contributed by atoms with Gasteiger partial charge in [0.1, 0.15) is 0 Å². The average Bonchev–Trinajstić information content (AvgIpc) is 2.19. The molecule has 16 heavy (non-hydrogen) atoms. The number of hydrogen-bond acceptors (Lipinski definition) is 3. The Hall–Kier alpha value is -2.37. The van der Waals surface area contributed by atoms with Gasteiger partial charge in [0.15, 0.2) is 0 Å². The van der Waals surface area contributed by atoms with E-state index < -0.39 is 6.03 Å². The topological polar surface area (TPSA) is 96.6 Å². The number of hydrogen-bond donors (Lipinski definition) is 3. The summed E-state index contributed by atoms with van der Waals surface area (Å²) in [5.74, 6) is -0.128.